The van der Waals surface area contributed by atoms with E-state index in [1.54, 1.807) is 17.0 Å². The van der Waals surface area contributed by atoms with Crippen LogP contribution in [0.5, 0.6) is 0 Å². The largest absolute Gasteiger partial charge is 0.480 e. The Kier molecular flexibility index (Phi) is 6.72. The van der Waals surface area contributed by atoms with Crippen LogP contribution < -0.4 is 0 Å². The zero-order valence-electron chi connectivity index (χ0n) is 16.6. The summed E-state index contributed by atoms with van der Waals surface area (Å²) in [5, 5.41) is 9.58. The molecule has 0 unspecified atom stereocenters. The van der Waals surface area contributed by atoms with Crippen molar-refractivity contribution in [1.29, 1.82) is 0 Å². The molecule has 2 N–H and O–H groups in total. The summed E-state index contributed by atoms with van der Waals surface area (Å²) in [6, 6.07) is 4.64. The molecule has 0 aliphatic carbocycles. The lowest BCUT2D eigenvalue weighted by Crippen LogP contribution is -2.50. The van der Waals surface area contributed by atoms with Crippen LogP contribution in [0.2, 0.25) is 0 Å². The van der Waals surface area contributed by atoms with E-state index in [-0.39, 0.29) is 42.2 Å². The molecule has 1 fully saturated rings. The molecular formula is C19H23N3O8S. The fourth-order valence-electron chi connectivity index (χ4n) is 3.74. The van der Waals surface area contributed by atoms with Gasteiger partial charge in [0, 0.05) is 39.1 Å². The highest BCUT2D eigenvalue weighted by atomic mass is 32.2. The van der Waals surface area contributed by atoms with Crippen molar-refractivity contribution < 1.29 is 37.3 Å². The van der Waals surface area contributed by atoms with Crippen LogP contribution in [0.15, 0.2) is 24.3 Å². The number of imide groups is 1. The minimum atomic E-state index is -4.05. The summed E-state index contributed by atoms with van der Waals surface area (Å²) in [6.45, 7) is 1.65. The molecule has 1 aromatic rings. The van der Waals surface area contributed by atoms with Crippen molar-refractivity contribution in [2.75, 3.05) is 38.5 Å². The smallest absolute Gasteiger partial charge is 0.326 e. The number of carbonyl (C=O) groups excluding carboxylic acids is 3. The second-order valence-corrected chi connectivity index (χ2v) is 9.00. The standard InChI is InChI=1S/C19H23N3O8S/c23-16(21-9-7-20(8-10-21)11-12-31(28,29)30)6-5-15(19(26)27)22-17(24)13-3-1-2-4-14(13)18(22)25/h1-4,15H,5-12H2,(H,26,27)(H,28,29,30)/t15-/m0/s1. The predicted octanol–water partition coefficient (Wildman–Crippen LogP) is -0.452. The third-order valence-electron chi connectivity index (χ3n) is 5.44. The average Bonchev–Trinajstić information content (AvgIpc) is 2.97. The maximum atomic E-state index is 12.5. The fourth-order valence-corrected chi connectivity index (χ4v) is 4.23. The zero-order chi connectivity index (χ0) is 22.8. The Morgan fingerprint density at radius 2 is 1.55 bits per heavy atom. The first-order valence-corrected chi connectivity index (χ1v) is 11.3. The first kappa shape index (κ1) is 22.8. The Morgan fingerprint density at radius 3 is 2.03 bits per heavy atom. The molecule has 0 radical (unpaired) electrons. The number of benzene rings is 1. The second-order valence-electron chi connectivity index (χ2n) is 7.43. The van der Waals surface area contributed by atoms with Gasteiger partial charge in [0.15, 0.2) is 0 Å². The number of fused-ring (bicyclic) bond motifs is 1. The van der Waals surface area contributed by atoms with Crippen LogP contribution in [0.25, 0.3) is 0 Å². The van der Waals surface area contributed by atoms with Gasteiger partial charge in [-0.3, -0.25) is 28.7 Å². The Bertz CT molecular complexity index is 966. The molecule has 31 heavy (non-hydrogen) atoms. The van der Waals surface area contributed by atoms with Crippen molar-refractivity contribution in [2.45, 2.75) is 18.9 Å². The summed E-state index contributed by atoms with van der Waals surface area (Å²) >= 11 is 0. The minimum Gasteiger partial charge on any atom is -0.480 e. The van der Waals surface area contributed by atoms with E-state index in [9.17, 15) is 32.7 Å². The summed E-state index contributed by atoms with van der Waals surface area (Å²) in [6.07, 6.45) is -0.363. The molecule has 1 saturated heterocycles. The average molecular weight is 453 g/mol. The summed E-state index contributed by atoms with van der Waals surface area (Å²) in [7, 11) is -4.05. The number of hydrogen-bond acceptors (Lipinski definition) is 7. The molecule has 11 nitrogen and oxygen atoms in total. The molecule has 2 heterocycles. The van der Waals surface area contributed by atoms with Crippen LogP contribution >= 0.6 is 0 Å². The van der Waals surface area contributed by atoms with Gasteiger partial charge in [-0.05, 0) is 18.6 Å². The molecule has 3 amide bonds. The van der Waals surface area contributed by atoms with E-state index in [4.69, 9.17) is 4.55 Å². The molecule has 0 aromatic heterocycles. The zero-order valence-corrected chi connectivity index (χ0v) is 17.5. The van der Waals surface area contributed by atoms with Gasteiger partial charge in [-0.1, -0.05) is 12.1 Å². The highest BCUT2D eigenvalue weighted by Gasteiger charge is 2.42. The number of carboxylic acid groups (broad SMARTS) is 1. The van der Waals surface area contributed by atoms with E-state index in [1.165, 1.54) is 17.0 Å². The molecular weight excluding hydrogens is 430 g/mol. The van der Waals surface area contributed by atoms with Crippen molar-refractivity contribution in [2.24, 2.45) is 0 Å². The van der Waals surface area contributed by atoms with Gasteiger partial charge in [0.05, 0.1) is 16.9 Å². The first-order valence-electron chi connectivity index (χ1n) is 9.73. The maximum Gasteiger partial charge on any atom is 0.326 e. The molecule has 0 bridgehead atoms. The van der Waals surface area contributed by atoms with E-state index in [0.717, 1.165) is 0 Å². The van der Waals surface area contributed by atoms with Crippen LogP contribution in [0.3, 0.4) is 0 Å². The van der Waals surface area contributed by atoms with Crippen molar-refractivity contribution in [1.82, 2.24) is 14.7 Å². The molecule has 168 valence electrons. The first-order chi connectivity index (χ1) is 14.6. The highest BCUT2D eigenvalue weighted by molar-refractivity contribution is 7.85. The monoisotopic (exact) mass is 453 g/mol. The van der Waals surface area contributed by atoms with E-state index in [0.29, 0.717) is 31.1 Å². The van der Waals surface area contributed by atoms with Crippen molar-refractivity contribution in [3.63, 3.8) is 0 Å². The Labute approximate surface area is 179 Å². The summed E-state index contributed by atoms with van der Waals surface area (Å²) in [4.78, 5) is 53.4. The van der Waals surface area contributed by atoms with E-state index in [1.807, 2.05) is 0 Å². The normalized spacial score (nSPS) is 18.2. The Hall–Kier alpha value is -2.83. The summed E-state index contributed by atoms with van der Waals surface area (Å²) in [5.74, 6) is -3.43. The lowest BCUT2D eigenvalue weighted by molar-refractivity contribution is -0.142. The number of nitrogens with zero attached hydrogens (tertiary/aromatic N) is 3. The molecule has 12 heteroatoms. The SMILES string of the molecule is O=C(O)[C@H](CCC(=O)N1CCN(CCS(=O)(=O)O)CC1)N1C(=O)c2ccccc2C1=O. The van der Waals surface area contributed by atoms with E-state index >= 15 is 0 Å². The van der Waals surface area contributed by atoms with Gasteiger partial charge in [0.1, 0.15) is 6.04 Å². The quantitative estimate of drug-likeness (QED) is 0.393. The van der Waals surface area contributed by atoms with E-state index < -0.39 is 33.9 Å². The van der Waals surface area contributed by atoms with Gasteiger partial charge in [0.25, 0.3) is 21.9 Å². The van der Waals surface area contributed by atoms with Crippen molar-refractivity contribution in [3.8, 4) is 0 Å². The number of aliphatic carboxylic acids is 1. The number of rotatable bonds is 8. The van der Waals surface area contributed by atoms with Crippen LogP contribution in [0.1, 0.15) is 33.6 Å². The second kappa shape index (κ2) is 9.12. The van der Waals surface area contributed by atoms with Crippen molar-refractivity contribution in [3.05, 3.63) is 35.4 Å². The van der Waals surface area contributed by atoms with Gasteiger partial charge < -0.3 is 10.0 Å². The van der Waals surface area contributed by atoms with Crippen molar-refractivity contribution >= 4 is 33.8 Å². The number of amides is 3. The molecule has 0 spiro atoms. The number of hydrogen-bond donors (Lipinski definition) is 2. The number of piperazine rings is 1. The highest BCUT2D eigenvalue weighted by Crippen LogP contribution is 2.26. The fraction of sp³-hybridized carbons (Fsp3) is 0.474. The molecule has 2 aliphatic rings. The molecule has 0 saturated carbocycles. The van der Waals surface area contributed by atoms with E-state index in [2.05, 4.69) is 0 Å². The lowest BCUT2D eigenvalue weighted by atomic mass is 10.1. The van der Waals surface area contributed by atoms with Crippen LogP contribution in [0.4, 0.5) is 0 Å². The van der Waals surface area contributed by atoms with Crippen LogP contribution in [0, 0.1) is 0 Å². The lowest BCUT2D eigenvalue weighted by Gasteiger charge is -2.34. The molecule has 1 atom stereocenters. The maximum absolute atomic E-state index is 12.5. The topological polar surface area (TPSA) is 153 Å². The summed E-state index contributed by atoms with van der Waals surface area (Å²) < 4.78 is 30.5. The number of carboxylic acids is 1. The molecule has 1 aromatic carbocycles. The number of carbonyl (C=O) groups is 4. The van der Waals surface area contributed by atoms with Crippen LogP contribution in [-0.4, -0.2) is 101 Å². The third-order valence-corrected chi connectivity index (χ3v) is 6.14. The van der Waals surface area contributed by atoms with Gasteiger partial charge >= 0.3 is 5.97 Å². The molecule has 2 aliphatic heterocycles. The summed E-state index contributed by atoms with van der Waals surface area (Å²) in [5.41, 5.74) is 0.289. The van der Waals surface area contributed by atoms with Gasteiger partial charge in [-0.25, -0.2) is 4.79 Å². The third kappa shape index (κ3) is 5.27. The van der Waals surface area contributed by atoms with Crippen LogP contribution in [-0.2, 0) is 19.7 Å². The Balaban J connectivity index is 1.56. The Morgan fingerprint density at radius 1 is 1.00 bits per heavy atom. The molecule has 3 rings (SSSR count). The predicted molar refractivity (Wildman–Crippen MR) is 107 cm³/mol. The van der Waals surface area contributed by atoms with Gasteiger partial charge in [-0.15, -0.1) is 0 Å². The van der Waals surface area contributed by atoms with Gasteiger partial charge in [-0.2, -0.15) is 8.42 Å². The van der Waals surface area contributed by atoms with Gasteiger partial charge in [0.2, 0.25) is 5.91 Å². The minimum absolute atomic E-state index is 0.145.